The van der Waals surface area contributed by atoms with Crippen LogP contribution in [-0.4, -0.2) is 38.7 Å². The molecule has 0 saturated heterocycles. The SMILES string of the molecule is CCOC(=O)CCCNC(=NC)NCCc1ccc(F)cc1. The van der Waals surface area contributed by atoms with Gasteiger partial charge in [0.2, 0.25) is 0 Å². The van der Waals surface area contributed by atoms with Gasteiger partial charge in [0.15, 0.2) is 5.96 Å². The van der Waals surface area contributed by atoms with E-state index in [0.29, 0.717) is 38.5 Å². The molecule has 0 aliphatic heterocycles. The fraction of sp³-hybridized carbons (Fsp3) is 0.500. The van der Waals surface area contributed by atoms with Crippen LogP contribution in [0.15, 0.2) is 29.3 Å². The van der Waals surface area contributed by atoms with Gasteiger partial charge in [-0.15, -0.1) is 0 Å². The Balaban J connectivity index is 2.17. The summed E-state index contributed by atoms with van der Waals surface area (Å²) in [5.41, 5.74) is 1.06. The number of guanidine groups is 1. The van der Waals surface area contributed by atoms with Crippen molar-refractivity contribution in [3.05, 3.63) is 35.6 Å². The average molecular weight is 309 g/mol. The molecule has 22 heavy (non-hydrogen) atoms. The van der Waals surface area contributed by atoms with Crippen LogP contribution >= 0.6 is 0 Å². The number of carbonyl (C=O) groups is 1. The Morgan fingerprint density at radius 2 is 1.91 bits per heavy atom. The molecule has 1 aromatic carbocycles. The van der Waals surface area contributed by atoms with E-state index in [1.54, 1.807) is 26.1 Å². The molecule has 0 spiro atoms. The highest BCUT2D eigenvalue weighted by molar-refractivity contribution is 5.79. The molecule has 1 aromatic rings. The van der Waals surface area contributed by atoms with Crippen molar-refractivity contribution >= 4 is 11.9 Å². The zero-order valence-electron chi connectivity index (χ0n) is 13.2. The quantitative estimate of drug-likeness (QED) is 0.333. The summed E-state index contributed by atoms with van der Waals surface area (Å²) < 4.78 is 17.7. The Hall–Kier alpha value is -2.11. The van der Waals surface area contributed by atoms with E-state index in [1.807, 2.05) is 0 Å². The highest BCUT2D eigenvalue weighted by Gasteiger charge is 2.02. The first-order valence-corrected chi connectivity index (χ1v) is 7.50. The fourth-order valence-electron chi connectivity index (χ4n) is 1.87. The van der Waals surface area contributed by atoms with Crippen molar-refractivity contribution in [1.29, 1.82) is 0 Å². The maximum Gasteiger partial charge on any atom is 0.305 e. The van der Waals surface area contributed by atoms with Gasteiger partial charge in [-0.05, 0) is 37.5 Å². The van der Waals surface area contributed by atoms with Crippen LogP contribution in [0.1, 0.15) is 25.3 Å². The summed E-state index contributed by atoms with van der Waals surface area (Å²) in [5.74, 6) is 0.283. The van der Waals surface area contributed by atoms with E-state index in [-0.39, 0.29) is 11.8 Å². The maximum absolute atomic E-state index is 12.8. The molecule has 0 radical (unpaired) electrons. The van der Waals surface area contributed by atoms with Crippen molar-refractivity contribution in [3.8, 4) is 0 Å². The molecule has 0 aliphatic rings. The van der Waals surface area contributed by atoms with Gasteiger partial charge in [0, 0.05) is 26.6 Å². The first kappa shape index (κ1) is 17.9. The molecule has 0 fully saturated rings. The topological polar surface area (TPSA) is 62.7 Å². The predicted molar refractivity (Wildman–Crippen MR) is 85.3 cm³/mol. The molecule has 1 rings (SSSR count). The molecule has 122 valence electrons. The van der Waals surface area contributed by atoms with E-state index in [0.717, 1.165) is 12.0 Å². The molecule has 0 aromatic heterocycles. The molecule has 0 atom stereocenters. The second-order valence-electron chi connectivity index (χ2n) is 4.71. The monoisotopic (exact) mass is 309 g/mol. The minimum atomic E-state index is -0.226. The number of esters is 1. The molecule has 2 N–H and O–H groups in total. The Morgan fingerprint density at radius 3 is 2.55 bits per heavy atom. The van der Waals surface area contributed by atoms with Gasteiger partial charge in [-0.25, -0.2) is 4.39 Å². The van der Waals surface area contributed by atoms with Gasteiger partial charge >= 0.3 is 5.97 Å². The van der Waals surface area contributed by atoms with E-state index < -0.39 is 0 Å². The smallest absolute Gasteiger partial charge is 0.305 e. The largest absolute Gasteiger partial charge is 0.466 e. The summed E-state index contributed by atoms with van der Waals surface area (Å²) in [7, 11) is 1.69. The summed E-state index contributed by atoms with van der Waals surface area (Å²) in [6.07, 6.45) is 1.87. The zero-order chi connectivity index (χ0) is 16.2. The van der Waals surface area contributed by atoms with Crippen LogP contribution in [0.25, 0.3) is 0 Å². The molecule has 5 nitrogen and oxygen atoms in total. The van der Waals surface area contributed by atoms with Crippen LogP contribution in [0.5, 0.6) is 0 Å². The third kappa shape index (κ3) is 7.61. The third-order valence-electron chi connectivity index (χ3n) is 3.00. The molecule has 0 saturated carbocycles. The number of halogens is 1. The molecule has 0 aliphatic carbocycles. The number of benzene rings is 1. The molecular weight excluding hydrogens is 285 g/mol. The van der Waals surface area contributed by atoms with Gasteiger partial charge in [0.1, 0.15) is 5.82 Å². The van der Waals surface area contributed by atoms with Gasteiger partial charge in [-0.2, -0.15) is 0 Å². The number of ether oxygens (including phenoxy) is 1. The summed E-state index contributed by atoms with van der Waals surface area (Å²) in [6, 6.07) is 6.45. The molecule has 0 amide bonds. The van der Waals surface area contributed by atoms with Crippen LogP contribution in [0.4, 0.5) is 4.39 Å². The van der Waals surface area contributed by atoms with E-state index in [2.05, 4.69) is 15.6 Å². The van der Waals surface area contributed by atoms with Crippen molar-refractivity contribution in [1.82, 2.24) is 10.6 Å². The average Bonchev–Trinajstić information content (AvgIpc) is 2.51. The molecule has 0 unspecified atom stereocenters. The number of rotatable bonds is 8. The van der Waals surface area contributed by atoms with Crippen LogP contribution in [-0.2, 0) is 16.0 Å². The van der Waals surface area contributed by atoms with Crippen LogP contribution < -0.4 is 10.6 Å². The predicted octanol–water partition coefficient (Wildman–Crippen LogP) is 1.88. The highest BCUT2D eigenvalue weighted by Crippen LogP contribution is 2.02. The Kier molecular flexibility index (Phi) is 8.64. The normalized spacial score (nSPS) is 11.1. The van der Waals surface area contributed by atoms with Crippen molar-refractivity contribution in [2.45, 2.75) is 26.2 Å². The lowest BCUT2D eigenvalue weighted by atomic mass is 10.1. The van der Waals surface area contributed by atoms with Crippen LogP contribution in [0.3, 0.4) is 0 Å². The number of hydrogen-bond acceptors (Lipinski definition) is 3. The molecule has 6 heteroatoms. The van der Waals surface area contributed by atoms with E-state index >= 15 is 0 Å². The first-order valence-electron chi connectivity index (χ1n) is 7.50. The number of aliphatic imine (C=N–C) groups is 1. The standard InChI is InChI=1S/C16H24FN3O2/c1-3-22-15(21)5-4-11-19-16(18-2)20-12-10-13-6-8-14(17)9-7-13/h6-9H,3-5,10-12H2,1-2H3,(H2,18,19,20). The van der Waals surface area contributed by atoms with E-state index in [1.165, 1.54) is 12.1 Å². The fourth-order valence-corrected chi connectivity index (χ4v) is 1.87. The highest BCUT2D eigenvalue weighted by atomic mass is 19.1. The Morgan fingerprint density at radius 1 is 1.23 bits per heavy atom. The van der Waals surface area contributed by atoms with Gasteiger partial charge in [0.05, 0.1) is 6.61 Å². The van der Waals surface area contributed by atoms with Crippen LogP contribution in [0, 0.1) is 5.82 Å². The zero-order valence-corrected chi connectivity index (χ0v) is 13.2. The summed E-state index contributed by atoms with van der Waals surface area (Å²) in [6.45, 7) is 3.56. The van der Waals surface area contributed by atoms with Gasteiger partial charge < -0.3 is 15.4 Å². The molecule has 0 bridgehead atoms. The van der Waals surface area contributed by atoms with Gasteiger partial charge in [-0.3, -0.25) is 9.79 Å². The Labute approximate surface area is 131 Å². The second-order valence-corrected chi connectivity index (χ2v) is 4.71. The number of nitrogens with one attached hydrogen (secondary N) is 2. The van der Waals surface area contributed by atoms with Crippen molar-refractivity contribution in [2.24, 2.45) is 4.99 Å². The van der Waals surface area contributed by atoms with Crippen molar-refractivity contribution in [3.63, 3.8) is 0 Å². The number of carbonyl (C=O) groups excluding carboxylic acids is 1. The van der Waals surface area contributed by atoms with Crippen molar-refractivity contribution < 1.29 is 13.9 Å². The van der Waals surface area contributed by atoms with E-state index in [4.69, 9.17) is 4.74 Å². The maximum atomic E-state index is 12.8. The van der Waals surface area contributed by atoms with Crippen LogP contribution in [0.2, 0.25) is 0 Å². The second kappa shape index (κ2) is 10.6. The lowest BCUT2D eigenvalue weighted by Crippen LogP contribution is -2.38. The lowest BCUT2D eigenvalue weighted by molar-refractivity contribution is -0.143. The lowest BCUT2D eigenvalue weighted by Gasteiger charge is -2.11. The number of nitrogens with zero attached hydrogens (tertiary/aromatic N) is 1. The minimum Gasteiger partial charge on any atom is -0.466 e. The summed E-state index contributed by atoms with van der Waals surface area (Å²) in [5, 5.41) is 6.31. The summed E-state index contributed by atoms with van der Waals surface area (Å²) in [4.78, 5) is 15.3. The molecular formula is C16H24FN3O2. The first-order chi connectivity index (χ1) is 10.7. The number of hydrogen-bond donors (Lipinski definition) is 2. The van der Waals surface area contributed by atoms with E-state index in [9.17, 15) is 9.18 Å². The van der Waals surface area contributed by atoms with Gasteiger partial charge in [0.25, 0.3) is 0 Å². The van der Waals surface area contributed by atoms with Gasteiger partial charge in [-0.1, -0.05) is 12.1 Å². The third-order valence-corrected chi connectivity index (χ3v) is 3.00. The Bertz CT molecular complexity index is 475. The summed E-state index contributed by atoms with van der Waals surface area (Å²) >= 11 is 0. The molecule has 0 heterocycles. The minimum absolute atomic E-state index is 0.177. The van der Waals surface area contributed by atoms with Crippen molar-refractivity contribution in [2.75, 3.05) is 26.7 Å².